The molecular formula is C32H39N5O7. The number of hydrazine groups is 1. The van der Waals surface area contributed by atoms with E-state index in [4.69, 9.17) is 19.2 Å². The van der Waals surface area contributed by atoms with E-state index in [1.165, 1.54) is 5.01 Å². The lowest BCUT2D eigenvalue weighted by atomic mass is 9.88. The molecule has 2 aromatic rings. The summed E-state index contributed by atoms with van der Waals surface area (Å²) in [6.07, 6.45) is 5.12. The number of amides is 3. The Morgan fingerprint density at radius 1 is 0.909 bits per heavy atom. The minimum Gasteiger partial charge on any atom is -0.451 e. The summed E-state index contributed by atoms with van der Waals surface area (Å²) < 4.78 is 17.4. The molecule has 4 aliphatic rings. The number of carbonyl (C=O) groups is 4. The highest BCUT2D eigenvalue weighted by Crippen LogP contribution is 2.37. The number of nitrogens with zero attached hydrogens (tertiary/aromatic N) is 2. The Balaban J connectivity index is 1.37. The number of aromatic nitrogens is 1. The molecule has 44 heavy (non-hydrogen) atoms. The second-order valence-corrected chi connectivity index (χ2v) is 12.2. The number of ether oxygens (including phenoxy) is 3. The van der Waals surface area contributed by atoms with Crippen LogP contribution in [-0.4, -0.2) is 84.8 Å². The fourth-order valence-electron chi connectivity index (χ4n) is 5.81. The van der Waals surface area contributed by atoms with Crippen molar-refractivity contribution < 1.29 is 33.4 Å². The Labute approximate surface area is 255 Å². The van der Waals surface area contributed by atoms with Crippen molar-refractivity contribution in [3.63, 3.8) is 0 Å². The minimum absolute atomic E-state index is 0.0330. The molecule has 5 bridgehead atoms. The van der Waals surface area contributed by atoms with Crippen LogP contribution in [0.5, 0.6) is 0 Å². The van der Waals surface area contributed by atoms with Gasteiger partial charge in [0, 0.05) is 17.8 Å². The number of hydrogen-bond acceptors (Lipinski definition) is 9. The maximum Gasteiger partial charge on any atom is 0.321 e. The van der Waals surface area contributed by atoms with E-state index >= 15 is 0 Å². The quantitative estimate of drug-likeness (QED) is 0.414. The standard InChI is InChI=1S/C32H39N5O7/c1-19-24-10-9-22-6-5-21(16-26(22)35-24)11-12-32(17-42-14-15-43-18-32)31(41)44-27(23-7-8-23)29(39)34-20(2)30(40)37-13-3-4-25(36-37)28(38)33-19/h5-6,9-12,16,19-20,23,25,27,36H,3-4,7-8,13-15,17-18H2,1-2H3,(H,33,38)(H,34,39)/b12-11-/t19-,20+,25+,27+/m1/s1. The van der Waals surface area contributed by atoms with Crippen molar-refractivity contribution in [1.82, 2.24) is 26.1 Å². The lowest BCUT2D eigenvalue weighted by Gasteiger charge is -2.35. The molecule has 1 aromatic heterocycles. The van der Waals surface area contributed by atoms with Crippen LogP contribution >= 0.6 is 0 Å². The Morgan fingerprint density at radius 2 is 1.64 bits per heavy atom. The van der Waals surface area contributed by atoms with Gasteiger partial charge in [-0.25, -0.2) is 5.43 Å². The summed E-state index contributed by atoms with van der Waals surface area (Å²) in [5.41, 5.74) is 3.98. The first-order chi connectivity index (χ1) is 21.2. The predicted molar refractivity (Wildman–Crippen MR) is 159 cm³/mol. The highest BCUT2D eigenvalue weighted by molar-refractivity contribution is 5.92. The van der Waals surface area contributed by atoms with Gasteiger partial charge in [-0.3, -0.25) is 29.2 Å². The number of fused-ring (bicyclic) bond motifs is 4. The smallest absolute Gasteiger partial charge is 0.321 e. The monoisotopic (exact) mass is 605 g/mol. The van der Waals surface area contributed by atoms with Gasteiger partial charge in [0.15, 0.2) is 6.10 Å². The van der Waals surface area contributed by atoms with Gasteiger partial charge in [-0.1, -0.05) is 30.4 Å². The van der Waals surface area contributed by atoms with Gasteiger partial charge in [0.2, 0.25) is 5.91 Å². The zero-order valence-corrected chi connectivity index (χ0v) is 25.0. The molecule has 1 saturated carbocycles. The number of rotatable bonds is 1. The van der Waals surface area contributed by atoms with Crippen molar-refractivity contribution in [1.29, 1.82) is 0 Å². The third-order valence-corrected chi connectivity index (χ3v) is 8.67. The number of carbonyl (C=O) groups excluding carboxylic acids is 4. The fraction of sp³-hybridized carbons (Fsp3) is 0.531. The number of pyridine rings is 1. The molecule has 3 fully saturated rings. The normalized spacial score (nSPS) is 29.5. The van der Waals surface area contributed by atoms with Crippen LogP contribution < -0.4 is 16.1 Å². The summed E-state index contributed by atoms with van der Waals surface area (Å²) in [5.74, 6) is -1.91. The molecule has 0 unspecified atom stereocenters. The molecule has 2 saturated heterocycles. The molecular weight excluding hydrogens is 566 g/mol. The zero-order valence-electron chi connectivity index (χ0n) is 25.0. The first-order valence-electron chi connectivity index (χ1n) is 15.4. The molecule has 1 spiro atoms. The minimum atomic E-state index is -1.28. The first-order valence-corrected chi connectivity index (χ1v) is 15.4. The van der Waals surface area contributed by atoms with Crippen molar-refractivity contribution in [2.75, 3.05) is 33.0 Å². The van der Waals surface area contributed by atoms with Gasteiger partial charge in [0.1, 0.15) is 17.5 Å². The topological polar surface area (TPSA) is 148 Å². The van der Waals surface area contributed by atoms with Crippen molar-refractivity contribution in [3.05, 3.63) is 47.7 Å². The first kappa shape index (κ1) is 30.2. The molecule has 6 rings (SSSR count). The van der Waals surface area contributed by atoms with E-state index in [-0.39, 0.29) is 37.0 Å². The number of cyclic esters (lactones) is 1. The van der Waals surface area contributed by atoms with Crippen LogP contribution in [0.25, 0.3) is 17.0 Å². The molecule has 1 aliphatic carbocycles. The Morgan fingerprint density at radius 3 is 2.39 bits per heavy atom. The summed E-state index contributed by atoms with van der Waals surface area (Å²) in [4.78, 5) is 58.7. The Hall–Kier alpha value is -3.87. The van der Waals surface area contributed by atoms with Gasteiger partial charge in [0.25, 0.3) is 11.8 Å². The third kappa shape index (κ3) is 6.47. The van der Waals surface area contributed by atoms with E-state index in [0.717, 1.165) is 29.3 Å². The molecule has 1 aromatic carbocycles. The average Bonchev–Trinajstić information content (AvgIpc) is 3.89. The van der Waals surface area contributed by atoms with Gasteiger partial charge < -0.3 is 24.8 Å². The van der Waals surface area contributed by atoms with Crippen LogP contribution in [-0.2, 0) is 33.4 Å². The molecule has 3 aliphatic heterocycles. The van der Waals surface area contributed by atoms with Gasteiger partial charge in [0.05, 0.1) is 43.7 Å². The third-order valence-electron chi connectivity index (χ3n) is 8.67. The molecule has 0 radical (unpaired) electrons. The van der Waals surface area contributed by atoms with Gasteiger partial charge in [-0.15, -0.1) is 0 Å². The second-order valence-electron chi connectivity index (χ2n) is 12.2. The molecule has 12 heteroatoms. The highest BCUT2D eigenvalue weighted by atomic mass is 16.6. The summed E-state index contributed by atoms with van der Waals surface area (Å²) in [6.45, 7) is 4.57. The van der Waals surface area contributed by atoms with Crippen LogP contribution in [0, 0.1) is 11.3 Å². The fourth-order valence-corrected chi connectivity index (χ4v) is 5.81. The zero-order chi connectivity index (χ0) is 30.8. The van der Waals surface area contributed by atoms with E-state index < -0.39 is 35.5 Å². The Bertz CT molecular complexity index is 1470. The van der Waals surface area contributed by atoms with Crippen LogP contribution in [0.15, 0.2) is 36.4 Å². The SMILES string of the molecule is C[C@@H]1NC(=O)[C@H](C2CC2)OC(=O)C2(/C=C\c3ccc4ccc(nc4c3)[C@@H](C)NC(=O)[C@@H]3CCCN(N3)C1=O)COCCOC2. The molecule has 4 atom stereocenters. The summed E-state index contributed by atoms with van der Waals surface area (Å²) in [6, 6.07) is 7.71. The van der Waals surface area contributed by atoms with Crippen molar-refractivity contribution in [3.8, 4) is 0 Å². The summed E-state index contributed by atoms with van der Waals surface area (Å²) >= 11 is 0. The maximum absolute atomic E-state index is 13.9. The van der Waals surface area contributed by atoms with E-state index in [1.807, 2.05) is 43.3 Å². The summed E-state index contributed by atoms with van der Waals surface area (Å²) in [5, 5.41) is 8.09. The maximum atomic E-state index is 13.9. The van der Waals surface area contributed by atoms with Crippen LogP contribution in [0.2, 0.25) is 0 Å². The van der Waals surface area contributed by atoms with Crippen LogP contribution in [0.1, 0.15) is 56.8 Å². The largest absolute Gasteiger partial charge is 0.451 e. The second kappa shape index (κ2) is 12.6. The Kier molecular flexibility index (Phi) is 8.66. The molecule has 3 N–H and O–H groups in total. The summed E-state index contributed by atoms with van der Waals surface area (Å²) in [7, 11) is 0. The molecule has 234 valence electrons. The van der Waals surface area contributed by atoms with Crippen LogP contribution in [0.4, 0.5) is 0 Å². The van der Waals surface area contributed by atoms with Gasteiger partial charge in [-0.2, -0.15) is 0 Å². The van der Waals surface area contributed by atoms with E-state index in [1.54, 1.807) is 13.0 Å². The van der Waals surface area contributed by atoms with E-state index in [9.17, 15) is 19.2 Å². The van der Waals surface area contributed by atoms with Crippen molar-refractivity contribution in [2.24, 2.45) is 11.3 Å². The van der Waals surface area contributed by atoms with Gasteiger partial charge in [-0.05, 0) is 57.2 Å². The lowest BCUT2D eigenvalue weighted by Crippen LogP contribution is -2.61. The van der Waals surface area contributed by atoms with Crippen molar-refractivity contribution in [2.45, 2.75) is 63.8 Å². The molecule has 3 amide bonds. The highest BCUT2D eigenvalue weighted by Gasteiger charge is 2.46. The number of nitrogens with one attached hydrogen (secondary N) is 3. The van der Waals surface area contributed by atoms with Crippen LogP contribution in [0.3, 0.4) is 0 Å². The molecule has 12 nitrogen and oxygen atoms in total. The van der Waals surface area contributed by atoms with Crippen molar-refractivity contribution >= 4 is 40.7 Å². The number of esters is 1. The number of benzene rings is 1. The van der Waals surface area contributed by atoms with E-state index in [2.05, 4.69) is 16.1 Å². The predicted octanol–water partition coefficient (Wildman–Crippen LogP) is 1.79. The average molecular weight is 606 g/mol. The molecule has 4 heterocycles. The lowest BCUT2D eigenvalue weighted by molar-refractivity contribution is -0.169. The van der Waals surface area contributed by atoms with E-state index in [0.29, 0.717) is 38.3 Å². The number of hydrogen-bond donors (Lipinski definition) is 3. The van der Waals surface area contributed by atoms with Gasteiger partial charge >= 0.3 is 5.97 Å².